The first-order chi connectivity index (χ1) is 16.5. The van der Waals surface area contributed by atoms with Crippen LogP contribution in [0.1, 0.15) is 28.9 Å². The topological polar surface area (TPSA) is 76.5 Å². The zero-order valence-corrected chi connectivity index (χ0v) is 19.8. The van der Waals surface area contributed by atoms with E-state index in [0.29, 0.717) is 10.8 Å². The molecule has 1 N–H and O–H groups in total. The monoisotopic (exact) mass is 482 g/mol. The summed E-state index contributed by atoms with van der Waals surface area (Å²) >= 11 is 1.35. The van der Waals surface area contributed by atoms with Crippen molar-refractivity contribution in [3.05, 3.63) is 77.9 Å². The normalized spacial score (nSPS) is 14.6. The molecule has 9 heteroatoms. The molecule has 34 heavy (non-hydrogen) atoms. The molecule has 0 radical (unpaired) electrons. The zero-order valence-electron chi connectivity index (χ0n) is 18.9. The summed E-state index contributed by atoms with van der Waals surface area (Å²) in [7, 11) is 0. The van der Waals surface area contributed by atoms with Gasteiger partial charge in [-0.15, -0.1) is 0 Å². The van der Waals surface area contributed by atoms with E-state index in [1.807, 2.05) is 24.5 Å². The van der Waals surface area contributed by atoms with Gasteiger partial charge in [0.15, 0.2) is 17.5 Å². The number of halogens is 1. The standard InChI is InChI=1S/C25H27FN4O3S/c1-34-25-27-15-22(30(25)21-9-7-19(26)8-10-21)24(32)33-17-23(31)28-20-11-13-29(14-12-20)16-18-5-3-2-4-6-18/h2-10,15,20H,11-14,16-17H2,1H3,(H,28,31). The summed E-state index contributed by atoms with van der Waals surface area (Å²) in [6.07, 6.45) is 4.93. The van der Waals surface area contributed by atoms with Gasteiger partial charge in [-0.25, -0.2) is 14.2 Å². The van der Waals surface area contributed by atoms with Crippen molar-refractivity contribution < 1.29 is 18.7 Å². The van der Waals surface area contributed by atoms with Gasteiger partial charge in [-0.1, -0.05) is 42.1 Å². The number of benzene rings is 2. The second-order valence-corrected chi connectivity index (χ2v) is 8.90. The van der Waals surface area contributed by atoms with Crippen molar-refractivity contribution in [1.82, 2.24) is 19.8 Å². The molecule has 1 aliphatic heterocycles. The molecule has 0 aliphatic carbocycles. The molecule has 1 aliphatic rings. The third kappa shape index (κ3) is 6.03. The molecule has 0 unspecified atom stereocenters. The molecule has 7 nitrogen and oxygen atoms in total. The van der Waals surface area contributed by atoms with Gasteiger partial charge in [-0.2, -0.15) is 0 Å². The van der Waals surface area contributed by atoms with E-state index in [0.717, 1.165) is 32.5 Å². The summed E-state index contributed by atoms with van der Waals surface area (Å²) in [5, 5.41) is 3.53. The van der Waals surface area contributed by atoms with Gasteiger partial charge in [0.25, 0.3) is 5.91 Å². The lowest BCUT2D eigenvalue weighted by atomic mass is 10.0. The number of esters is 1. The Hall–Kier alpha value is -3.17. The fourth-order valence-electron chi connectivity index (χ4n) is 4.01. The smallest absolute Gasteiger partial charge is 0.357 e. The number of imidazole rings is 1. The summed E-state index contributed by atoms with van der Waals surface area (Å²) < 4.78 is 20.2. The first-order valence-corrected chi connectivity index (χ1v) is 12.4. The van der Waals surface area contributed by atoms with Gasteiger partial charge in [0.2, 0.25) is 0 Å². The minimum Gasteiger partial charge on any atom is -0.451 e. The fourth-order valence-corrected chi connectivity index (χ4v) is 4.56. The highest BCUT2D eigenvalue weighted by atomic mass is 32.2. The predicted molar refractivity (Wildman–Crippen MR) is 128 cm³/mol. The molecule has 0 bridgehead atoms. The van der Waals surface area contributed by atoms with E-state index in [2.05, 4.69) is 27.3 Å². The van der Waals surface area contributed by atoms with Crippen molar-refractivity contribution in [2.75, 3.05) is 26.0 Å². The number of likely N-dealkylation sites (tertiary alicyclic amines) is 1. The molecule has 3 aromatic rings. The van der Waals surface area contributed by atoms with Crippen LogP contribution in [0.2, 0.25) is 0 Å². The van der Waals surface area contributed by atoms with Crippen LogP contribution in [0.3, 0.4) is 0 Å². The average molecular weight is 483 g/mol. The number of aromatic nitrogens is 2. The highest BCUT2D eigenvalue weighted by molar-refractivity contribution is 7.98. The number of carbonyl (C=O) groups is 2. The van der Waals surface area contributed by atoms with Gasteiger partial charge in [0, 0.05) is 31.4 Å². The van der Waals surface area contributed by atoms with Crippen LogP contribution in [0.15, 0.2) is 66.0 Å². The number of carbonyl (C=O) groups excluding carboxylic acids is 2. The maximum atomic E-state index is 13.3. The lowest BCUT2D eigenvalue weighted by Crippen LogP contribution is -2.45. The Morgan fingerprint density at radius 2 is 1.82 bits per heavy atom. The van der Waals surface area contributed by atoms with Crippen LogP contribution < -0.4 is 5.32 Å². The molecule has 4 rings (SSSR count). The Morgan fingerprint density at radius 1 is 1.12 bits per heavy atom. The quantitative estimate of drug-likeness (QED) is 0.390. The number of nitrogens with zero attached hydrogens (tertiary/aromatic N) is 3. The van der Waals surface area contributed by atoms with E-state index in [1.54, 1.807) is 16.7 Å². The van der Waals surface area contributed by atoms with Gasteiger partial charge < -0.3 is 10.1 Å². The molecule has 178 valence electrons. The Labute approximate surface area is 202 Å². The molecule has 2 aromatic carbocycles. The maximum absolute atomic E-state index is 13.3. The average Bonchev–Trinajstić information content (AvgIpc) is 3.29. The van der Waals surface area contributed by atoms with Gasteiger partial charge in [-0.3, -0.25) is 14.3 Å². The number of hydrogen-bond donors (Lipinski definition) is 1. The Balaban J connectivity index is 1.27. The summed E-state index contributed by atoms with van der Waals surface area (Å²) in [4.78, 5) is 31.7. The Kier molecular flexibility index (Phi) is 7.97. The van der Waals surface area contributed by atoms with E-state index in [9.17, 15) is 14.0 Å². The summed E-state index contributed by atoms with van der Waals surface area (Å²) in [6.45, 7) is 2.33. The highest BCUT2D eigenvalue weighted by Gasteiger charge is 2.23. The van der Waals surface area contributed by atoms with Crippen LogP contribution in [0, 0.1) is 5.82 Å². The van der Waals surface area contributed by atoms with E-state index in [-0.39, 0.29) is 30.1 Å². The Morgan fingerprint density at radius 3 is 2.50 bits per heavy atom. The maximum Gasteiger partial charge on any atom is 0.357 e. The van der Waals surface area contributed by atoms with Crippen LogP contribution in [-0.2, 0) is 16.1 Å². The largest absolute Gasteiger partial charge is 0.451 e. The van der Waals surface area contributed by atoms with Crippen molar-refractivity contribution in [3.63, 3.8) is 0 Å². The first kappa shape index (κ1) is 24.0. The third-order valence-corrected chi connectivity index (χ3v) is 6.40. The number of nitrogens with one attached hydrogen (secondary N) is 1. The number of hydrogen-bond acceptors (Lipinski definition) is 6. The zero-order chi connectivity index (χ0) is 23.9. The van der Waals surface area contributed by atoms with Crippen LogP contribution in [0.4, 0.5) is 4.39 Å². The summed E-state index contributed by atoms with van der Waals surface area (Å²) in [5.74, 6) is -1.36. The molecule has 0 saturated carbocycles. The molecule has 1 fully saturated rings. The fraction of sp³-hybridized carbons (Fsp3) is 0.320. The molecule has 2 heterocycles. The summed E-state index contributed by atoms with van der Waals surface area (Å²) in [6, 6.07) is 16.1. The van der Waals surface area contributed by atoms with Crippen molar-refractivity contribution in [1.29, 1.82) is 0 Å². The minimum absolute atomic E-state index is 0.0612. The molecule has 1 aromatic heterocycles. The number of thioether (sulfide) groups is 1. The van der Waals surface area contributed by atoms with Gasteiger partial charge in [0.05, 0.1) is 6.20 Å². The van der Waals surface area contributed by atoms with Crippen LogP contribution in [0.25, 0.3) is 5.69 Å². The van der Waals surface area contributed by atoms with Crippen LogP contribution >= 0.6 is 11.8 Å². The van der Waals surface area contributed by atoms with E-state index < -0.39 is 5.97 Å². The van der Waals surface area contributed by atoms with E-state index in [1.165, 1.54) is 35.7 Å². The second kappa shape index (κ2) is 11.3. The van der Waals surface area contributed by atoms with E-state index in [4.69, 9.17) is 4.74 Å². The van der Waals surface area contributed by atoms with Crippen LogP contribution in [0.5, 0.6) is 0 Å². The van der Waals surface area contributed by atoms with Crippen molar-refractivity contribution in [2.24, 2.45) is 0 Å². The highest BCUT2D eigenvalue weighted by Crippen LogP contribution is 2.22. The summed E-state index contributed by atoms with van der Waals surface area (Å²) in [5.41, 5.74) is 2.04. The molecule has 1 saturated heterocycles. The van der Waals surface area contributed by atoms with Crippen molar-refractivity contribution in [2.45, 2.75) is 30.6 Å². The number of amides is 1. The van der Waals surface area contributed by atoms with Gasteiger partial charge in [0.1, 0.15) is 5.82 Å². The Bertz CT molecular complexity index is 1110. The molecular formula is C25H27FN4O3S. The molecule has 0 atom stereocenters. The van der Waals surface area contributed by atoms with Crippen LogP contribution in [-0.4, -0.2) is 58.3 Å². The SMILES string of the molecule is CSc1ncc(C(=O)OCC(=O)NC2CCN(Cc3ccccc3)CC2)n1-c1ccc(F)cc1. The van der Waals surface area contributed by atoms with Gasteiger partial charge >= 0.3 is 5.97 Å². The number of ether oxygens (including phenoxy) is 1. The van der Waals surface area contributed by atoms with Gasteiger partial charge in [-0.05, 0) is 48.9 Å². The number of rotatable bonds is 8. The van der Waals surface area contributed by atoms with Crippen molar-refractivity contribution in [3.8, 4) is 5.69 Å². The third-order valence-electron chi connectivity index (χ3n) is 5.74. The molecular weight excluding hydrogens is 455 g/mol. The predicted octanol–water partition coefficient (Wildman–Crippen LogP) is 3.67. The minimum atomic E-state index is -0.662. The molecule has 1 amide bonds. The lowest BCUT2D eigenvalue weighted by Gasteiger charge is -2.32. The lowest BCUT2D eigenvalue weighted by molar-refractivity contribution is -0.125. The van der Waals surface area contributed by atoms with E-state index >= 15 is 0 Å². The van der Waals surface area contributed by atoms with Crippen molar-refractivity contribution >= 4 is 23.6 Å². The molecule has 0 spiro atoms. The first-order valence-electron chi connectivity index (χ1n) is 11.1. The number of piperidine rings is 1. The second-order valence-electron chi connectivity index (χ2n) is 8.12.